The van der Waals surface area contributed by atoms with Crippen molar-refractivity contribution in [2.75, 3.05) is 18.0 Å². The minimum absolute atomic E-state index is 0.101. The van der Waals surface area contributed by atoms with Crippen molar-refractivity contribution in [2.45, 2.75) is 24.5 Å². The van der Waals surface area contributed by atoms with Gasteiger partial charge in [-0.3, -0.25) is 9.52 Å². The van der Waals surface area contributed by atoms with Crippen molar-refractivity contribution in [3.63, 3.8) is 0 Å². The van der Waals surface area contributed by atoms with Gasteiger partial charge in [-0.25, -0.2) is 18.2 Å². The largest absolute Gasteiger partial charge is 0.478 e. The van der Waals surface area contributed by atoms with Crippen LogP contribution in [0.1, 0.15) is 40.0 Å². The molecule has 1 aromatic heterocycles. The van der Waals surface area contributed by atoms with Crippen LogP contribution >= 0.6 is 11.6 Å². The van der Waals surface area contributed by atoms with Crippen LogP contribution in [0.5, 0.6) is 0 Å². The van der Waals surface area contributed by atoms with Gasteiger partial charge in [0.15, 0.2) is 0 Å². The monoisotopic (exact) mass is 476 g/mol. The average molecular weight is 477 g/mol. The maximum Gasteiger partial charge on any atom is 0.337 e. The third-order valence-corrected chi connectivity index (χ3v) is 6.66. The fourth-order valence-corrected chi connectivity index (χ4v) is 4.95. The highest BCUT2D eigenvalue weighted by Gasteiger charge is 2.30. The number of anilines is 1. The highest BCUT2D eigenvalue weighted by molar-refractivity contribution is 7.89. The van der Waals surface area contributed by atoms with Gasteiger partial charge in [-0.05, 0) is 24.5 Å². The van der Waals surface area contributed by atoms with Crippen molar-refractivity contribution in [1.82, 2.24) is 9.71 Å². The van der Waals surface area contributed by atoms with Crippen molar-refractivity contribution in [3.8, 4) is 6.07 Å². The van der Waals surface area contributed by atoms with Crippen LogP contribution in [0.15, 0.2) is 36.4 Å². The number of piperidine rings is 1. The Hall–Kier alpha value is -3.16. The van der Waals surface area contributed by atoms with Gasteiger partial charge in [0.2, 0.25) is 15.9 Å². The van der Waals surface area contributed by atoms with Crippen LogP contribution in [-0.4, -0.2) is 43.5 Å². The third kappa shape index (κ3) is 5.55. The van der Waals surface area contributed by atoms with Crippen LogP contribution < -0.4 is 9.62 Å². The zero-order chi connectivity index (χ0) is 23.3. The molecule has 32 heavy (non-hydrogen) atoms. The number of pyridine rings is 1. The number of nitrogens with zero attached hydrogens (tertiary/aromatic N) is 3. The lowest BCUT2D eigenvalue weighted by molar-refractivity contribution is -0.123. The highest BCUT2D eigenvalue weighted by atomic mass is 35.5. The molecule has 2 N–H and O–H groups in total. The van der Waals surface area contributed by atoms with E-state index in [9.17, 15) is 28.4 Å². The average Bonchev–Trinajstić information content (AvgIpc) is 2.78. The summed E-state index contributed by atoms with van der Waals surface area (Å²) in [6.07, 6.45) is 0.715. The Morgan fingerprint density at radius 1 is 1.25 bits per heavy atom. The van der Waals surface area contributed by atoms with E-state index in [0.29, 0.717) is 37.3 Å². The number of nitrogens with one attached hydrogen (secondary N) is 1. The molecule has 0 unspecified atom stereocenters. The van der Waals surface area contributed by atoms with Gasteiger partial charge in [0.05, 0.1) is 28.5 Å². The molecule has 11 heteroatoms. The lowest BCUT2D eigenvalue weighted by Gasteiger charge is -2.32. The predicted octanol–water partition coefficient (Wildman–Crippen LogP) is 2.25. The predicted molar refractivity (Wildman–Crippen MR) is 118 cm³/mol. The van der Waals surface area contributed by atoms with Gasteiger partial charge in [-0.1, -0.05) is 30.3 Å². The van der Waals surface area contributed by atoms with Gasteiger partial charge in [0, 0.05) is 19.0 Å². The molecule has 9 nitrogen and oxygen atoms in total. The minimum atomic E-state index is -3.82. The SMILES string of the molecule is N#Cc1cc(C(=O)O)c(CCl)nc1N1CCC(C(=O)NS(=O)(=O)Cc2ccccc2)CC1. The molecule has 2 heterocycles. The van der Waals surface area contributed by atoms with Crippen LogP contribution in [0.2, 0.25) is 0 Å². The maximum atomic E-state index is 12.5. The summed E-state index contributed by atoms with van der Waals surface area (Å²) in [5.74, 6) is -2.39. The summed E-state index contributed by atoms with van der Waals surface area (Å²) >= 11 is 5.83. The van der Waals surface area contributed by atoms with Crippen molar-refractivity contribution < 1.29 is 23.1 Å². The van der Waals surface area contributed by atoms with Crippen LogP contribution in [0.25, 0.3) is 0 Å². The topological polar surface area (TPSA) is 140 Å². The number of hydrogen-bond donors (Lipinski definition) is 2. The fourth-order valence-electron chi connectivity index (χ4n) is 3.57. The molecule has 1 fully saturated rings. The number of benzene rings is 1. The van der Waals surface area contributed by atoms with E-state index in [2.05, 4.69) is 9.71 Å². The van der Waals surface area contributed by atoms with Gasteiger partial charge in [0.25, 0.3) is 0 Å². The summed E-state index contributed by atoms with van der Waals surface area (Å²) in [4.78, 5) is 30.0. The first-order valence-electron chi connectivity index (χ1n) is 9.80. The Balaban J connectivity index is 1.67. The third-order valence-electron chi connectivity index (χ3n) is 5.18. The van der Waals surface area contributed by atoms with Gasteiger partial charge in [-0.2, -0.15) is 5.26 Å². The summed E-state index contributed by atoms with van der Waals surface area (Å²) in [6.45, 7) is 0.708. The number of aromatic carboxylic acids is 1. The summed E-state index contributed by atoms with van der Waals surface area (Å²) in [5.41, 5.74) is 0.709. The quantitative estimate of drug-likeness (QED) is 0.579. The van der Waals surface area contributed by atoms with Crippen LogP contribution in [0.3, 0.4) is 0 Å². The van der Waals surface area contributed by atoms with Gasteiger partial charge < -0.3 is 10.0 Å². The molecule has 1 aromatic carbocycles. The van der Waals surface area contributed by atoms with E-state index in [1.807, 2.05) is 6.07 Å². The number of carbonyl (C=O) groups excluding carboxylic acids is 1. The minimum Gasteiger partial charge on any atom is -0.478 e. The number of hydrogen-bond acceptors (Lipinski definition) is 7. The number of rotatable bonds is 7. The normalized spacial score (nSPS) is 14.6. The standard InChI is InChI=1S/C21H21ClN4O5S/c22-11-18-17(21(28)29)10-16(12-23)19(24-18)26-8-6-15(7-9-26)20(27)25-32(30,31)13-14-4-2-1-3-5-14/h1-5,10,15H,6-9,11,13H2,(H,25,27)(H,28,29). The van der Waals surface area contributed by atoms with Gasteiger partial charge >= 0.3 is 5.97 Å². The number of amides is 1. The number of carboxylic acid groups (broad SMARTS) is 1. The van der Waals surface area contributed by atoms with E-state index in [4.69, 9.17) is 11.6 Å². The first kappa shape index (κ1) is 23.5. The van der Waals surface area contributed by atoms with Crippen molar-refractivity contribution in [2.24, 2.45) is 5.92 Å². The van der Waals surface area contributed by atoms with Gasteiger partial charge in [0.1, 0.15) is 11.9 Å². The summed E-state index contributed by atoms with van der Waals surface area (Å²) in [5, 5.41) is 18.7. The van der Waals surface area contributed by atoms with E-state index in [1.165, 1.54) is 6.07 Å². The molecule has 0 aliphatic carbocycles. The first-order valence-corrected chi connectivity index (χ1v) is 12.0. The van der Waals surface area contributed by atoms with Gasteiger partial charge in [-0.15, -0.1) is 11.6 Å². The Labute approximate surface area is 190 Å². The molecule has 3 rings (SSSR count). The molecule has 0 bridgehead atoms. The molecular weight excluding hydrogens is 456 g/mol. The zero-order valence-corrected chi connectivity index (χ0v) is 18.6. The summed E-state index contributed by atoms with van der Waals surface area (Å²) < 4.78 is 26.8. The second-order valence-corrected chi connectivity index (χ2v) is 9.37. The van der Waals surface area contributed by atoms with E-state index >= 15 is 0 Å². The van der Waals surface area contributed by atoms with E-state index < -0.39 is 27.8 Å². The van der Waals surface area contributed by atoms with Crippen molar-refractivity contribution in [1.29, 1.82) is 5.26 Å². The number of halogens is 1. The molecule has 1 aliphatic heterocycles. The van der Waals surface area contributed by atoms with Crippen LogP contribution in [0, 0.1) is 17.2 Å². The summed E-state index contributed by atoms with van der Waals surface area (Å²) in [7, 11) is -3.82. The van der Waals surface area contributed by atoms with Crippen molar-refractivity contribution in [3.05, 3.63) is 58.8 Å². The molecule has 1 aliphatic rings. The number of carboxylic acids is 1. The van der Waals surface area contributed by atoms with Crippen LogP contribution in [0.4, 0.5) is 5.82 Å². The Morgan fingerprint density at radius 2 is 1.91 bits per heavy atom. The van der Waals surface area contributed by atoms with Crippen molar-refractivity contribution >= 4 is 39.3 Å². The molecular formula is C21H21ClN4O5S. The highest BCUT2D eigenvalue weighted by Crippen LogP contribution is 2.27. The number of sulfonamides is 1. The number of alkyl halides is 1. The molecule has 0 atom stereocenters. The Bertz CT molecular complexity index is 1160. The molecule has 1 amide bonds. The fraction of sp³-hybridized carbons (Fsp3) is 0.333. The molecule has 1 saturated heterocycles. The smallest absolute Gasteiger partial charge is 0.337 e. The lowest BCUT2D eigenvalue weighted by Crippen LogP contribution is -2.43. The molecule has 0 radical (unpaired) electrons. The maximum absolute atomic E-state index is 12.5. The Kier molecular flexibility index (Phi) is 7.33. The second kappa shape index (κ2) is 9.97. The molecule has 2 aromatic rings. The van der Waals surface area contributed by atoms with Crippen LogP contribution in [-0.2, 0) is 26.5 Å². The second-order valence-electron chi connectivity index (χ2n) is 7.38. The summed E-state index contributed by atoms with van der Waals surface area (Å²) in [6, 6.07) is 11.8. The first-order chi connectivity index (χ1) is 15.2. The lowest BCUT2D eigenvalue weighted by atomic mass is 9.96. The number of carbonyl (C=O) groups is 2. The molecule has 0 saturated carbocycles. The number of aromatic nitrogens is 1. The molecule has 0 spiro atoms. The number of nitriles is 1. The Morgan fingerprint density at radius 3 is 2.47 bits per heavy atom. The molecule has 168 valence electrons. The van der Waals surface area contributed by atoms with E-state index in [1.54, 1.807) is 35.2 Å². The zero-order valence-electron chi connectivity index (χ0n) is 17.0. The van der Waals surface area contributed by atoms with E-state index in [-0.39, 0.29) is 28.5 Å². The van der Waals surface area contributed by atoms with E-state index in [0.717, 1.165) is 0 Å².